The van der Waals surface area contributed by atoms with Gasteiger partial charge in [-0.15, -0.1) is 0 Å². The van der Waals surface area contributed by atoms with Crippen LogP contribution < -0.4 is 10.2 Å². The molecule has 11 heteroatoms. The van der Waals surface area contributed by atoms with Crippen LogP contribution >= 0.6 is 11.8 Å². The fourth-order valence-electron chi connectivity index (χ4n) is 3.64. The van der Waals surface area contributed by atoms with Gasteiger partial charge in [-0.3, -0.25) is 14.9 Å². The van der Waals surface area contributed by atoms with Crippen LogP contribution in [0.5, 0.6) is 0 Å². The number of thioether (sulfide) groups is 1. The van der Waals surface area contributed by atoms with E-state index in [1.165, 1.54) is 12.1 Å². The van der Waals surface area contributed by atoms with Crippen LogP contribution in [0.2, 0.25) is 0 Å². The molecule has 0 saturated carbocycles. The van der Waals surface area contributed by atoms with Crippen LogP contribution in [0, 0.1) is 0 Å². The Morgan fingerprint density at radius 1 is 1.21 bits per heavy atom. The largest absolute Gasteiger partial charge is 0.416 e. The zero-order valence-electron chi connectivity index (χ0n) is 17.4. The van der Waals surface area contributed by atoms with Gasteiger partial charge >= 0.3 is 6.18 Å². The van der Waals surface area contributed by atoms with Gasteiger partial charge in [-0.05, 0) is 42.8 Å². The summed E-state index contributed by atoms with van der Waals surface area (Å²) in [4.78, 5) is 31.1. The number of fused-ring (bicyclic) bond motifs is 1. The molecule has 174 valence electrons. The van der Waals surface area contributed by atoms with Crippen LogP contribution in [0.25, 0.3) is 11.0 Å². The number of nitrogens with one attached hydrogen (secondary N) is 1. The lowest BCUT2D eigenvalue weighted by molar-refractivity contribution is -0.137. The second kappa shape index (κ2) is 9.44. The molecule has 0 spiro atoms. The lowest BCUT2D eigenvalue weighted by Crippen LogP contribution is -2.38. The van der Waals surface area contributed by atoms with Crippen molar-refractivity contribution < 1.29 is 27.9 Å². The number of aryl methyl sites for hydroxylation is 1. The maximum absolute atomic E-state index is 13.0. The van der Waals surface area contributed by atoms with E-state index >= 15 is 0 Å². The van der Waals surface area contributed by atoms with Crippen LogP contribution in [0.3, 0.4) is 0 Å². The minimum Gasteiger partial charge on any atom is -0.396 e. The molecule has 7 nitrogen and oxygen atoms in total. The standard InChI is InChI=1S/C22H21F3N4O3S/c23-22(24,25)15-4-1-3-14(11-15)20(32)27-21-26-17-12-16(28-8-10-33-13-19(28)31)5-6-18(17)29(21)7-2-9-30/h1,3-6,11-12,30H,2,7-10,13H2,(H,26,27,32). The number of aliphatic hydroxyl groups is 1. The highest BCUT2D eigenvalue weighted by Gasteiger charge is 2.31. The summed E-state index contributed by atoms with van der Waals surface area (Å²) in [6.45, 7) is 0.835. The Kier molecular flexibility index (Phi) is 6.61. The van der Waals surface area contributed by atoms with E-state index in [9.17, 15) is 27.9 Å². The molecule has 0 bridgehead atoms. The van der Waals surface area contributed by atoms with Gasteiger partial charge in [0.15, 0.2) is 0 Å². The van der Waals surface area contributed by atoms with Gasteiger partial charge in [-0.25, -0.2) is 4.98 Å². The summed E-state index contributed by atoms with van der Waals surface area (Å²) < 4.78 is 40.7. The van der Waals surface area contributed by atoms with Crippen molar-refractivity contribution in [3.63, 3.8) is 0 Å². The number of alkyl halides is 3. The number of anilines is 2. The normalized spacial score (nSPS) is 14.7. The molecular weight excluding hydrogens is 457 g/mol. The summed E-state index contributed by atoms with van der Waals surface area (Å²) in [5.41, 5.74) is 0.817. The van der Waals surface area contributed by atoms with E-state index in [4.69, 9.17) is 0 Å². The van der Waals surface area contributed by atoms with Gasteiger partial charge in [0.2, 0.25) is 11.9 Å². The van der Waals surface area contributed by atoms with Crippen molar-refractivity contribution in [2.45, 2.75) is 19.1 Å². The second-order valence-electron chi connectivity index (χ2n) is 7.47. The van der Waals surface area contributed by atoms with Crippen LogP contribution in [0.15, 0.2) is 42.5 Å². The minimum atomic E-state index is -4.56. The molecule has 3 aromatic rings. The number of amides is 2. The fraction of sp³-hybridized carbons (Fsp3) is 0.318. The molecule has 1 aliphatic heterocycles. The minimum absolute atomic E-state index is 0.00314. The summed E-state index contributed by atoms with van der Waals surface area (Å²) in [7, 11) is 0. The molecule has 2 N–H and O–H groups in total. The molecule has 0 radical (unpaired) electrons. The molecule has 1 fully saturated rings. The molecule has 33 heavy (non-hydrogen) atoms. The summed E-state index contributed by atoms with van der Waals surface area (Å²) in [5, 5.41) is 11.9. The molecular formula is C22H21F3N4O3S. The molecule has 0 aliphatic carbocycles. The molecule has 0 unspecified atom stereocenters. The number of imidazole rings is 1. The lowest BCUT2D eigenvalue weighted by atomic mass is 10.1. The summed E-state index contributed by atoms with van der Waals surface area (Å²) >= 11 is 1.58. The Bertz CT molecular complexity index is 1200. The number of carbonyl (C=O) groups is 2. The number of aromatic nitrogens is 2. The third-order valence-corrected chi connectivity index (χ3v) is 6.17. The molecule has 2 aromatic carbocycles. The molecule has 4 rings (SSSR count). The van der Waals surface area contributed by atoms with Crippen molar-refractivity contribution in [2.24, 2.45) is 0 Å². The van der Waals surface area contributed by atoms with Crippen molar-refractivity contribution in [2.75, 3.05) is 34.9 Å². The SMILES string of the molecule is O=C(Nc1nc2cc(N3CCSCC3=O)ccc2n1CCCO)c1cccc(C(F)(F)F)c1. The summed E-state index contributed by atoms with van der Waals surface area (Å²) in [6.07, 6.45) is -4.17. The number of benzene rings is 2. The fourth-order valence-corrected chi connectivity index (χ4v) is 4.42. The molecule has 2 heterocycles. The number of rotatable bonds is 6. The molecule has 1 saturated heterocycles. The van der Waals surface area contributed by atoms with E-state index in [0.717, 1.165) is 17.9 Å². The Labute approximate surface area is 191 Å². The maximum atomic E-state index is 13.0. The lowest BCUT2D eigenvalue weighted by Gasteiger charge is -2.26. The smallest absolute Gasteiger partial charge is 0.396 e. The number of nitrogens with zero attached hydrogens (tertiary/aromatic N) is 3. The van der Waals surface area contributed by atoms with E-state index in [1.807, 2.05) is 0 Å². The summed E-state index contributed by atoms with van der Waals surface area (Å²) in [5.74, 6) is 0.654. The van der Waals surface area contributed by atoms with Crippen LogP contribution in [0.1, 0.15) is 22.3 Å². The Balaban J connectivity index is 1.67. The van der Waals surface area contributed by atoms with Crippen LogP contribution in [-0.2, 0) is 17.5 Å². The van der Waals surface area contributed by atoms with Crippen molar-refractivity contribution in [1.82, 2.24) is 9.55 Å². The van der Waals surface area contributed by atoms with Crippen LogP contribution in [-0.4, -0.2) is 51.1 Å². The van der Waals surface area contributed by atoms with Gasteiger partial charge < -0.3 is 14.6 Å². The van der Waals surface area contributed by atoms with Gasteiger partial charge in [-0.2, -0.15) is 24.9 Å². The first-order valence-electron chi connectivity index (χ1n) is 10.3. The van der Waals surface area contributed by atoms with Crippen molar-refractivity contribution in [1.29, 1.82) is 0 Å². The number of aliphatic hydroxyl groups excluding tert-OH is 1. The van der Waals surface area contributed by atoms with E-state index < -0.39 is 17.6 Å². The molecule has 2 amide bonds. The van der Waals surface area contributed by atoms with Crippen LogP contribution in [0.4, 0.5) is 24.8 Å². The highest BCUT2D eigenvalue weighted by molar-refractivity contribution is 8.00. The molecule has 1 aromatic heterocycles. The summed E-state index contributed by atoms with van der Waals surface area (Å²) in [6, 6.07) is 9.48. The molecule has 0 atom stereocenters. The number of hydrogen-bond donors (Lipinski definition) is 2. The zero-order chi connectivity index (χ0) is 23.6. The Morgan fingerprint density at radius 3 is 2.76 bits per heavy atom. The van der Waals surface area contributed by atoms with E-state index in [1.54, 1.807) is 39.4 Å². The van der Waals surface area contributed by atoms with E-state index in [0.29, 0.717) is 42.0 Å². The maximum Gasteiger partial charge on any atom is 0.416 e. The van der Waals surface area contributed by atoms with E-state index in [-0.39, 0.29) is 24.0 Å². The first kappa shape index (κ1) is 23.1. The van der Waals surface area contributed by atoms with Gasteiger partial charge in [0.25, 0.3) is 5.91 Å². The number of halogens is 3. The van der Waals surface area contributed by atoms with Gasteiger partial charge in [0.1, 0.15) is 0 Å². The Hall–Kier alpha value is -3.05. The third kappa shape index (κ3) is 4.98. The predicted octanol–water partition coefficient (Wildman–Crippen LogP) is 3.77. The van der Waals surface area contributed by atoms with Gasteiger partial charge in [0, 0.05) is 36.7 Å². The average Bonchev–Trinajstić information content (AvgIpc) is 3.13. The van der Waals surface area contributed by atoms with Gasteiger partial charge in [0.05, 0.1) is 22.3 Å². The number of carbonyl (C=O) groups excluding carboxylic acids is 2. The van der Waals surface area contributed by atoms with Crippen molar-refractivity contribution in [3.05, 3.63) is 53.6 Å². The molecule has 1 aliphatic rings. The predicted molar refractivity (Wildman–Crippen MR) is 121 cm³/mol. The highest BCUT2D eigenvalue weighted by Crippen LogP contribution is 2.30. The topological polar surface area (TPSA) is 87.5 Å². The second-order valence-corrected chi connectivity index (χ2v) is 8.57. The highest BCUT2D eigenvalue weighted by atomic mass is 32.2. The Morgan fingerprint density at radius 2 is 2.03 bits per heavy atom. The van der Waals surface area contributed by atoms with E-state index in [2.05, 4.69) is 10.3 Å². The average molecular weight is 478 g/mol. The first-order chi connectivity index (χ1) is 15.8. The monoisotopic (exact) mass is 478 g/mol. The third-order valence-electron chi connectivity index (χ3n) is 5.25. The quantitative estimate of drug-likeness (QED) is 0.563. The zero-order valence-corrected chi connectivity index (χ0v) is 18.2. The van der Waals surface area contributed by atoms with Gasteiger partial charge in [-0.1, -0.05) is 6.07 Å². The van der Waals surface area contributed by atoms with Crippen molar-refractivity contribution in [3.8, 4) is 0 Å². The first-order valence-corrected chi connectivity index (χ1v) is 11.4. The number of hydrogen-bond acceptors (Lipinski definition) is 5. The van der Waals surface area contributed by atoms with Crippen molar-refractivity contribution >= 4 is 46.2 Å².